The van der Waals surface area contributed by atoms with Crippen LogP contribution in [0.5, 0.6) is 11.5 Å². The van der Waals surface area contributed by atoms with Gasteiger partial charge in [-0.2, -0.15) is 0 Å². The molecular formula is C32H41NO5. The largest absolute Gasteiger partial charge is 0.515 e. The second-order valence-corrected chi connectivity index (χ2v) is 10.9. The van der Waals surface area contributed by atoms with Gasteiger partial charge in [0.1, 0.15) is 11.5 Å². The Morgan fingerprint density at radius 1 is 0.737 bits per heavy atom. The average Bonchev–Trinajstić information content (AvgIpc) is 2.87. The standard InChI is InChI=1S/C32H41NO5/c1-20(2)25-13-9-14-26(21(3)4)29(25)37-31(34)24-12-11-17-33(18-24)19-36-32(35)38-30-27(22(5)6)15-10-16-28(30)23(7)8/h9-17,20-23H,18-19H2,1-8H3. The molecule has 0 amide bonds. The Morgan fingerprint density at radius 2 is 1.18 bits per heavy atom. The number of carbonyl (C=O) groups is 2. The molecule has 38 heavy (non-hydrogen) atoms. The molecule has 0 N–H and O–H groups in total. The first kappa shape index (κ1) is 29.0. The number of ether oxygens (including phenoxy) is 3. The zero-order chi connectivity index (χ0) is 28.0. The third kappa shape index (κ3) is 7.06. The molecule has 0 saturated carbocycles. The first-order valence-electron chi connectivity index (χ1n) is 13.4. The number of benzene rings is 2. The summed E-state index contributed by atoms with van der Waals surface area (Å²) < 4.78 is 17.1. The lowest BCUT2D eigenvalue weighted by Gasteiger charge is -2.25. The highest BCUT2D eigenvalue weighted by atomic mass is 16.7. The van der Waals surface area contributed by atoms with E-state index in [2.05, 4.69) is 55.4 Å². The summed E-state index contributed by atoms with van der Waals surface area (Å²) in [6.45, 7) is 16.8. The van der Waals surface area contributed by atoms with Crippen LogP contribution < -0.4 is 9.47 Å². The molecule has 0 atom stereocenters. The van der Waals surface area contributed by atoms with Gasteiger partial charge in [0, 0.05) is 6.20 Å². The van der Waals surface area contributed by atoms with Crippen LogP contribution in [-0.4, -0.2) is 30.3 Å². The van der Waals surface area contributed by atoms with E-state index >= 15 is 0 Å². The van der Waals surface area contributed by atoms with E-state index in [0.717, 1.165) is 22.3 Å². The third-order valence-corrected chi connectivity index (χ3v) is 6.60. The SMILES string of the molecule is CC(C)c1cccc(C(C)C)c1OC(=O)OCN1C=CC=C(C(=O)Oc2c(C(C)C)cccc2C(C)C)C1. The van der Waals surface area contributed by atoms with Gasteiger partial charge in [0.05, 0.1) is 12.1 Å². The van der Waals surface area contributed by atoms with Crippen LogP contribution in [0.1, 0.15) is 101 Å². The number of hydrogen-bond donors (Lipinski definition) is 0. The number of rotatable bonds is 9. The van der Waals surface area contributed by atoms with Gasteiger partial charge >= 0.3 is 12.1 Å². The Labute approximate surface area is 227 Å². The average molecular weight is 520 g/mol. The van der Waals surface area contributed by atoms with Crippen molar-refractivity contribution < 1.29 is 23.8 Å². The van der Waals surface area contributed by atoms with Crippen LogP contribution in [0.15, 0.2) is 60.3 Å². The van der Waals surface area contributed by atoms with Gasteiger partial charge in [0.25, 0.3) is 0 Å². The first-order chi connectivity index (χ1) is 18.0. The van der Waals surface area contributed by atoms with Crippen LogP contribution in [-0.2, 0) is 9.53 Å². The van der Waals surface area contributed by atoms with Crippen molar-refractivity contribution in [3.8, 4) is 11.5 Å². The molecule has 204 valence electrons. The summed E-state index contributed by atoms with van der Waals surface area (Å²) in [6, 6.07) is 11.9. The summed E-state index contributed by atoms with van der Waals surface area (Å²) in [5.74, 6) is 1.59. The van der Waals surface area contributed by atoms with E-state index in [9.17, 15) is 9.59 Å². The first-order valence-corrected chi connectivity index (χ1v) is 13.4. The van der Waals surface area contributed by atoms with Gasteiger partial charge in [-0.1, -0.05) is 91.8 Å². The Bertz CT molecular complexity index is 1150. The lowest BCUT2D eigenvalue weighted by molar-refractivity contribution is -0.130. The molecule has 0 aromatic heterocycles. The second kappa shape index (κ2) is 12.8. The highest BCUT2D eigenvalue weighted by Gasteiger charge is 2.23. The van der Waals surface area contributed by atoms with Crippen LogP contribution in [0.25, 0.3) is 0 Å². The Morgan fingerprint density at radius 3 is 1.63 bits per heavy atom. The van der Waals surface area contributed by atoms with Gasteiger partial charge in [-0.3, -0.25) is 0 Å². The van der Waals surface area contributed by atoms with Crippen molar-refractivity contribution in [3.05, 3.63) is 82.6 Å². The summed E-state index contributed by atoms with van der Waals surface area (Å²) in [4.78, 5) is 27.6. The van der Waals surface area contributed by atoms with Gasteiger partial charge in [0.2, 0.25) is 0 Å². The van der Waals surface area contributed by atoms with E-state index in [-0.39, 0.29) is 36.9 Å². The van der Waals surface area contributed by atoms with E-state index in [1.807, 2.05) is 36.4 Å². The molecule has 0 spiro atoms. The smallest absolute Gasteiger partial charge is 0.423 e. The van der Waals surface area contributed by atoms with Crippen molar-refractivity contribution in [3.63, 3.8) is 0 Å². The fraction of sp³-hybridized carbons (Fsp3) is 0.438. The summed E-state index contributed by atoms with van der Waals surface area (Å²) in [6.07, 6.45) is 4.47. The maximum Gasteiger partial charge on any atom is 0.515 e. The highest BCUT2D eigenvalue weighted by molar-refractivity contribution is 5.91. The minimum atomic E-state index is -0.778. The predicted octanol–water partition coefficient (Wildman–Crippen LogP) is 8.01. The van der Waals surface area contributed by atoms with Crippen molar-refractivity contribution in [2.24, 2.45) is 0 Å². The predicted molar refractivity (Wildman–Crippen MR) is 151 cm³/mol. The van der Waals surface area contributed by atoms with E-state index < -0.39 is 12.1 Å². The minimum Gasteiger partial charge on any atom is -0.423 e. The lowest BCUT2D eigenvalue weighted by Crippen LogP contribution is -2.31. The van der Waals surface area contributed by atoms with Crippen LogP contribution in [0.2, 0.25) is 0 Å². The molecular weight excluding hydrogens is 478 g/mol. The molecule has 0 unspecified atom stereocenters. The molecule has 0 saturated heterocycles. The van der Waals surface area contributed by atoms with Crippen LogP contribution in [0.3, 0.4) is 0 Å². The van der Waals surface area contributed by atoms with E-state index in [1.54, 1.807) is 23.3 Å². The Kier molecular flexibility index (Phi) is 9.78. The molecule has 1 heterocycles. The molecule has 0 aliphatic carbocycles. The molecule has 2 aromatic carbocycles. The fourth-order valence-corrected chi connectivity index (χ4v) is 4.43. The molecule has 1 aliphatic heterocycles. The summed E-state index contributed by atoms with van der Waals surface area (Å²) in [5, 5.41) is 0. The maximum absolute atomic E-state index is 13.2. The summed E-state index contributed by atoms with van der Waals surface area (Å²) in [5.41, 5.74) is 4.40. The quantitative estimate of drug-likeness (QED) is 0.190. The Balaban J connectivity index is 1.66. The van der Waals surface area contributed by atoms with Gasteiger partial charge in [-0.25, -0.2) is 9.59 Å². The van der Waals surface area contributed by atoms with Gasteiger partial charge in [0.15, 0.2) is 6.73 Å². The van der Waals surface area contributed by atoms with Gasteiger partial charge in [-0.15, -0.1) is 0 Å². The minimum absolute atomic E-state index is 0.0549. The van der Waals surface area contributed by atoms with E-state index in [1.165, 1.54) is 0 Å². The lowest BCUT2D eigenvalue weighted by atomic mass is 9.94. The van der Waals surface area contributed by atoms with Crippen molar-refractivity contribution in [1.29, 1.82) is 0 Å². The number of para-hydroxylation sites is 2. The number of nitrogens with zero attached hydrogens (tertiary/aromatic N) is 1. The molecule has 1 aliphatic rings. The van der Waals surface area contributed by atoms with Crippen molar-refractivity contribution in [2.75, 3.05) is 13.3 Å². The zero-order valence-electron chi connectivity index (χ0n) is 23.9. The van der Waals surface area contributed by atoms with Crippen molar-refractivity contribution >= 4 is 12.1 Å². The third-order valence-electron chi connectivity index (χ3n) is 6.60. The van der Waals surface area contributed by atoms with Gasteiger partial charge in [-0.05, 0) is 58.1 Å². The van der Waals surface area contributed by atoms with E-state index in [4.69, 9.17) is 14.2 Å². The molecule has 6 heteroatoms. The number of allylic oxidation sites excluding steroid dienone is 2. The number of hydrogen-bond acceptors (Lipinski definition) is 6. The molecule has 2 aromatic rings. The highest BCUT2D eigenvalue weighted by Crippen LogP contribution is 2.36. The van der Waals surface area contributed by atoms with Crippen LogP contribution >= 0.6 is 0 Å². The van der Waals surface area contributed by atoms with E-state index in [0.29, 0.717) is 17.1 Å². The second-order valence-electron chi connectivity index (χ2n) is 10.9. The maximum atomic E-state index is 13.2. The van der Waals surface area contributed by atoms with Crippen molar-refractivity contribution in [2.45, 2.75) is 79.1 Å². The molecule has 6 nitrogen and oxygen atoms in total. The molecule has 3 rings (SSSR count). The fourth-order valence-electron chi connectivity index (χ4n) is 4.43. The number of esters is 1. The molecule has 0 bridgehead atoms. The molecule has 0 radical (unpaired) electrons. The molecule has 0 fully saturated rings. The van der Waals surface area contributed by atoms with Crippen LogP contribution in [0, 0.1) is 0 Å². The summed E-state index contributed by atoms with van der Waals surface area (Å²) >= 11 is 0. The summed E-state index contributed by atoms with van der Waals surface area (Å²) in [7, 11) is 0. The monoisotopic (exact) mass is 519 g/mol. The van der Waals surface area contributed by atoms with Crippen molar-refractivity contribution in [1.82, 2.24) is 4.90 Å². The zero-order valence-corrected chi connectivity index (χ0v) is 23.9. The van der Waals surface area contributed by atoms with Gasteiger partial charge < -0.3 is 19.1 Å². The number of carbonyl (C=O) groups excluding carboxylic acids is 2. The van der Waals surface area contributed by atoms with Crippen LogP contribution in [0.4, 0.5) is 4.79 Å². The topological polar surface area (TPSA) is 65.1 Å². The Hall–Kier alpha value is -3.54. The normalized spacial score (nSPS) is 13.4.